The van der Waals surface area contributed by atoms with Gasteiger partial charge in [0.15, 0.2) is 0 Å². The van der Waals surface area contributed by atoms with E-state index in [0.717, 1.165) is 12.8 Å². The van der Waals surface area contributed by atoms with Gasteiger partial charge in [0, 0.05) is 9.61 Å². The largest absolute Gasteiger partial charge is 0.327 e. The van der Waals surface area contributed by atoms with Crippen LogP contribution in [0.15, 0.2) is 41.1 Å². The lowest BCUT2D eigenvalue weighted by atomic mass is 10.0. The highest BCUT2D eigenvalue weighted by Gasteiger charge is 2.05. The molecule has 1 aromatic heterocycles. The highest BCUT2D eigenvalue weighted by atomic mass is 127. The third kappa shape index (κ3) is 3.57. The Balaban J connectivity index is 1.92. The second-order valence-corrected chi connectivity index (χ2v) is 5.95. The van der Waals surface area contributed by atoms with Crippen LogP contribution in [0.5, 0.6) is 0 Å². The van der Waals surface area contributed by atoms with Gasteiger partial charge in [0.05, 0.1) is 0 Å². The average Bonchev–Trinajstić information content (AvgIpc) is 2.74. The van der Waals surface area contributed by atoms with Crippen molar-refractivity contribution in [3.05, 3.63) is 55.8 Å². The zero-order valence-electron chi connectivity index (χ0n) is 8.90. The minimum absolute atomic E-state index is 0.217. The molecule has 1 unspecified atom stereocenters. The Kier molecular flexibility index (Phi) is 4.37. The number of halogens is 1. The van der Waals surface area contributed by atoms with Crippen LogP contribution < -0.4 is 5.73 Å². The van der Waals surface area contributed by atoms with Crippen molar-refractivity contribution in [3.8, 4) is 0 Å². The van der Waals surface area contributed by atoms with Crippen LogP contribution in [-0.4, -0.2) is 6.04 Å². The normalized spacial score (nSPS) is 12.6. The standard InChI is InChI=1S/C13H14INS/c14-12-3-1-10(2-4-12)7-13(15)8-11-5-6-16-9-11/h1-6,9,13H,7-8,15H2. The Morgan fingerprint density at radius 1 is 1.06 bits per heavy atom. The van der Waals surface area contributed by atoms with Crippen molar-refractivity contribution in [3.63, 3.8) is 0 Å². The van der Waals surface area contributed by atoms with Crippen LogP contribution in [0.4, 0.5) is 0 Å². The fourth-order valence-corrected chi connectivity index (χ4v) is 2.75. The lowest BCUT2D eigenvalue weighted by molar-refractivity contribution is 0.666. The van der Waals surface area contributed by atoms with Gasteiger partial charge in [0.25, 0.3) is 0 Å². The maximum atomic E-state index is 6.14. The van der Waals surface area contributed by atoms with Crippen LogP contribution in [0.2, 0.25) is 0 Å². The van der Waals surface area contributed by atoms with Gasteiger partial charge in [-0.25, -0.2) is 0 Å². The van der Waals surface area contributed by atoms with Crippen LogP contribution in [-0.2, 0) is 12.8 Å². The molecule has 0 radical (unpaired) electrons. The minimum Gasteiger partial charge on any atom is -0.327 e. The number of hydrogen-bond acceptors (Lipinski definition) is 2. The summed E-state index contributed by atoms with van der Waals surface area (Å²) < 4.78 is 1.27. The molecule has 16 heavy (non-hydrogen) atoms. The second kappa shape index (κ2) is 5.80. The third-order valence-corrected chi connectivity index (χ3v) is 3.94. The maximum absolute atomic E-state index is 6.14. The Bertz CT molecular complexity index is 422. The van der Waals surface area contributed by atoms with Gasteiger partial charge in [-0.2, -0.15) is 11.3 Å². The van der Waals surface area contributed by atoms with Crippen molar-refractivity contribution in [1.29, 1.82) is 0 Å². The summed E-state index contributed by atoms with van der Waals surface area (Å²) in [6, 6.07) is 11.0. The van der Waals surface area contributed by atoms with E-state index in [1.807, 2.05) is 0 Å². The third-order valence-electron chi connectivity index (χ3n) is 2.49. The molecular formula is C13H14INS. The van der Waals surface area contributed by atoms with E-state index in [1.54, 1.807) is 11.3 Å². The topological polar surface area (TPSA) is 26.0 Å². The average molecular weight is 343 g/mol. The molecular weight excluding hydrogens is 329 g/mol. The molecule has 0 bridgehead atoms. The molecule has 0 aliphatic heterocycles. The molecule has 2 N–H and O–H groups in total. The van der Waals surface area contributed by atoms with E-state index >= 15 is 0 Å². The van der Waals surface area contributed by atoms with Gasteiger partial charge in [-0.05, 0) is 75.5 Å². The summed E-state index contributed by atoms with van der Waals surface area (Å²) in [6.45, 7) is 0. The van der Waals surface area contributed by atoms with Gasteiger partial charge >= 0.3 is 0 Å². The molecule has 2 rings (SSSR count). The van der Waals surface area contributed by atoms with Gasteiger partial charge in [0.1, 0.15) is 0 Å². The van der Waals surface area contributed by atoms with Crippen molar-refractivity contribution < 1.29 is 0 Å². The molecule has 1 heterocycles. The van der Waals surface area contributed by atoms with Crippen molar-refractivity contribution in [1.82, 2.24) is 0 Å². The fourth-order valence-electron chi connectivity index (χ4n) is 1.71. The quantitative estimate of drug-likeness (QED) is 0.846. The first-order valence-corrected chi connectivity index (χ1v) is 7.27. The van der Waals surface area contributed by atoms with Crippen LogP contribution >= 0.6 is 33.9 Å². The van der Waals surface area contributed by atoms with E-state index in [0.29, 0.717) is 0 Å². The van der Waals surface area contributed by atoms with E-state index in [9.17, 15) is 0 Å². The molecule has 0 saturated carbocycles. The summed E-state index contributed by atoms with van der Waals surface area (Å²) >= 11 is 4.05. The molecule has 1 aromatic carbocycles. The Labute approximate surface area is 114 Å². The highest BCUT2D eigenvalue weighted by molar-refractivity contribution is 14.1. The van der Waals surface area contributed by atoms with Gasteiger partial charge in [0.2, 0.25) is 0 Å². The predicted molar refractivity (Wildman–Crippen MR) is 78.9 cm³/mol. The molecule has 0 spiro atoms. The van der Waals surface area contributed by atoms with E-state index in [2.05, 4.69) is 63.7 Å². The van der Waals surface area contributed by atoms with E-state index in [1.165, 1.54) is 14.7 Å². The monoisotopic (exact) mass is 343 g/mol. The Morgan fingerprint density at radius 3 is 2.38 bits per heavy atom. The molecule has 0 fully saturated rings. The first-order valence-electron chi connectivity index (χ1n) is 5.25. The highest BCUT2D eigenvalue weighted by Crippen LogP contribution is 2.12. The maximum Gasteiger partial charge on any atom is 0.0130 e. The van der Waals surface area contributed by atoms with Crippen LogP contribution in [0, 0.1) is 3.57 Å². The molecule has 0 aliphatic carbocycles. The predicted octanol–water partition coefficient (Wildman–Crippen LogP) is 3.47. The fraction of sp³-hybridized carbons (Fsp3) is 0.231. The zero-order chi connectivity index (χ0) is 11.4. The molecule has 2 aromatic rings. The SMILES string of the molecule is NC(Cc1ccc(I)cc1)Cc1ccsc1. The second-order valence-electron chi connectivity index (χ2n) is 3.93. The first-order chi connectivity index (χ1) is 7.74. The van der Waals surface area contributed by atoms with Gasteiger partial charge in [-0.3, -0.25) is 0 Å². The summed E-state index contributed by atoms with van der Waals surface area (Å²) in [5.74, 6) is 0. The molecule has 0 amide bonds. The molecule has 1 nitrogen and oxygen atoms in total. The van der Waals surface area contributed by atoms with E-state index < -0.39 is 0 Å². The minimum atomic E-state index is 0.217. The zero-order valence-corrected chi connectivity index (χ0v) is 11.9. The number of nitrogens with two attached hydrogens (primary N) is 1. The summed E-state index contributed by atoms with van der Waals surface area (Å²) in [5.41, 5.74) is 8.81. The van der Waals surface area contributed by atoms with Crippen molar-refractivity contribution in [2.24, 2.45) is 5.73 Å². The summed E-state index contributed by atoms with van der Waals surface area (Å²) in [5, 5.41) is 4.28. The Morgan fingerprint density at radius 2 is 1.75 bits per heavy atom. The van der Waals surface area contributed by atoms with Gasteiger partial charge < -0.3 is 5.73 Å². The lowest BCUT2D eigenvalue weighted by Crippen LogP contribution is -2.25. The van der Waals surface area contributed by atoms with Crippen molar-refractivity contribution >= 4 is 33.9 Å². The lowest BCUT2D eigenvalue weighted by Gasteiger charge is -2.10. The van der Waals surface area contributed by atoms with Crippen molar-refractivity contribution in [2.45, 2.75) is 18.9 Å². The van der Waals surface area contributed by atoms with Crippen LogP contribution in [0.3, 0.4) is 0 Å². The van der Waals surface area contributed by atoms with E-state index in [-0.39, 0.29) is 6.04 Å². The molecule has 84 valence electrons. The number of thiophene rings is 1. The van der Waals surface area contributed by atoms with E-state index in [4.69, 9.17) is 5.73 Å². The molecule has 0 saturated heterocycles. The number of rotatable bonds is 4. The Hall–Kier alpha value is -0.390. The molecule has 3 heteroatoms. The first kappa shape index (κ1) is 12.1. The van der Waals surface area contributed by atoms with Crippen LogP contribution in [0.25, 0.3) is 0 Å². The van der Waals surface area contributed by atoms with Crippen LogP contribution in [0.1, 0.15) is 11.1 Å². The van der Waals surface area contributed by atoms with Crippen molar-refractivity contribution in [2.75, 3.05) is 0 Å². The number of hydrogen-bond donors (Lipinski definition) is 1. The summed E-state index contributed by atoms with van der Waals surface area (Å²) in [7, 11) is 0. The summed E-state index contributed by atoms with van der Waals surface area (Å²) in [4.78, 5) is 0. The van der Waals surface area contributed by atoms with Gasteiger partial charge in [-0.15, -0.1) is 0 Å². The summed E-state index contributed by atoms with van der Waals surface area (Å²) in [6.07, 6.45) is 1.92. The smallest absolute Gasteiger partial charge is 0.0130 e. The molecule has 1 atom stereocenters. The van der Waals surface area contributed by atoms with Gasteiger partial charge in [-0.1, -0.05) is 12.1 Å². The number of benzene rings is 1. The molecule has 0 aliphatic rings.